The second-order valence-corrected chi connectivity index (χ2v) is 14.0. The fourth-order valence-electron chi connectivity index (χ4n) is 9.65. The molecule has 0 aliphatic carbocycles. The van der Waals surface area contributed by atoms with Crippen molar-refractivity contribution in [2.24, 2.45) is 0 Å². The van der Waals surface area contributed by atoms with Gasteiger partial charge in [0.2, 0.25) is 13.4 Å². The number of nitrogens with zero attached hydrogens (tertiary/aromatic N) is 2. The van der Waals surface area contributed by atoms with Crippen LogP contribution in [0.2, 0.25) is 0 Å². The summed E-state index contributed by atoms with van der Waals surface area (Å²) in [7, 11) is 0. The van der Waals surface area contributed by atoms with Gasteiger partial charge in [-0.25, -0.2) is 4.79 Å². The zero-order chi connectivity index (χ0) is 32.7. The zero-order valence-corrected chi connectivity index (χ0v) is 27.0. The Morgan fingerprint density at radius 3 is 1.78 bits per heavy atom. The first-order valence-corrected chi connectivity index (χ1v) is 17.4. The average Bonchev–Trinajstić information content (AvgIpc) is 3.30. The van der Waals surface area contributed by atoms with Crippen LogP contribution in [0.4, 0.5) is 27.5 Å². The van der Waals surface area contributed by atoms with Crippen LogP contribution in [-0.4, -0.2) is 19.5 Å². The van der Waals surface area contributed by atoms with E-state index in [1.807, 2.05) is 9.80 Å². The van der Waals surface area contributed by atoms with Crippen LogP contribution in [0.15, 0.2) is 158 Å². The molecule has 228 valence electrons. The quantitative estimate of drug-likeness (QED) is 0.185. The van der Waals surface area contributed by atoms with E-state index in [1.54, 1.807) is 0 Å². The summed E-state index contributed by atoms with van der Waals surface area (Å²) in [5.74, 6) is 0. The van der Waals surface area contributed by atoms with Gasteiger partial charge in [-0.15, -0.1) is 0 Å². The predicted molar refractivity (Wildman–Crippen MR) is 211 cm³/mol. The van der Waals surface area contributed by atoms with E-state index in [0.717, 1.165) is 44.4 Å². The van der Waals surface area contributed by atoms with Gasteiger partial charge in [0.25, 0.3) is 0 Å². The molecular weight excluding hydrogens is 606 g/mol. The minimum Gasteiger partial charge on any atom is -0.263 e. The first-order chi connectivity index (χ1) is 24.8. The Balaban J connectivity index is 1.24. The highest BCUT2D eigenvalue weighted by Gasteiger charge is 2.49. The number of anilines is 4. The Bertz CT molecular complexity index is 2830. The third-order valence-electron chi connectivity index (χ3n) is 11.6. The summed E-state index contributed by atoms with van der Waals surface area (Å²) in [5, 5.41) is 4.59. The monoisotopic (exact) mass is 632 g/mol. The smallest absolute Gasteiger partial charge is 0.263 e. The van der Waals surface area contributed by atoms with Crippen molar-refractivity contribution in [1.82, 2.24) is 0 Å². The topological polar surface area (TPSA) is 23.6 Å². The number of hydrogen-bond donors (Lipinski definition) is 0. The summed E-state index contributed by atoms with van der Waals surface area (Å²) >= 11 is 0. The molecule has 0 N–H and O–H groups in total. The number of amides is 2. The summed E-state index contributed by atoms with van der Waals surface area (Å²) < 4.78 is 0. The van der Waals surface area contributed by atoms with Crippen molar-refractivity contribution in [1.29, 1.82) is 0 Å². The summed E-state index contributed by atoms with van der Waals surface area (Å²) in [6, 6.07) is 57.1. The molecule has 5 heteroatoms. The largest absolute Gasteiger partial charge is 0.338 e. The predicted octanol–water partition coefficient (Wildman–Crippen LogP) is 6.71. The van der Waals surface area contributed by atoms with Gasteiger partial charge >= 0.3 is 6.03 Å². The molecule has 2 amide bonds. The van der Waals surface area contributed by atoms with Crippen molar-refractivity contribution in [3.8, 4) is 22.3 Å². The lowest BCUT2D eigenvalue weighted by Crippen LogP contribution is -2.64. The van der Waals surface area contributed by atoms with E-state index in [9.17, 15) is 0 Å². The van der Waals surface area contributed by atoms with Gasteiger partial charge in [-0.05, 0) is 72.4 Å². The van der Waals surface area contributed by atoms with Gasteiger partial charge in [-0.2, -0.15) is 0 Å². The Morgan fingerprint density at radius 1 is 0.400 bits per heavy atom. The van der Waals surface area contributed by atoms with Crippen molar-refractivity contribution < 1.29 is 4.79 Å². The van der Waals surface area contributed by atoms with Crippen molar-refractivity contribution in [2.45, 2.75) is 0 Å². The number of carbonyl (C=O) groups is 1. The van der Waals surface area contributed by atoms with E-state index in [1.165, 1.54) is 55.0 Å². The molecule has 0 bridgehead atoms. The van der Waals surface area contributed by atoms with Gasteiger partial charge in [-0.1, -0.05) is 157 Å². The summed E-state index contributed by atoms with van der Waals surface area (Å²) in [6.45, 7) is -0.0438. The molecule has 0 saturated carbocycles. The third kappa shape index (κ3) is 3.21. The second kappa shape index (κ2) is 9.43. The van der Waals surface area contributed by atoms with E-state index in [4.69, 9.17) is 0 Å². The van der Waals surface area contributed by atoms with Crippen LogP contribution < -0.4 is 42.6 Å². The van der Waals surface area contributed by atoms with Crippen LogP contribution in [0.25, 0.3) is 43.8 Å². The molecule has 3 nitrogen and oxygen atoms in total. The van der Waals surface area contributed by atoms with Crippen LogP contribution >= 0.6 is 0 Å². The molecule has 0 saturated heterocycles. The van der Waals surface area contributed by atoms with Crippen molar-refractivity contribution in [2.75, 3.05) is 9.80 Å². The van der Waals surface area contributed by atoms with Crippen molar-refractivity contribution in [3.05, 3.63) is 158 Å². The highest BCUT2D eigenvalue weighted by Crippen LogP contribution is 2.49. The molecule has 8 aromatic rings. The van der Waals surface area contributed by atoms with Gasteiger partial charge < -0.3 is 0 Å². The Hall–Kier alpha value is -6.32. The highest BCUT2D eigenvalue weighted by atomic mass is 16.2. The van der Waals surface area contributed by atoms with Crippen LogP contribution in [0.5, 0.6) is 0 Å². The lowest BCUT2D eigenvalue weighted by Gasteiger charge is -2.46. The molecule has 0 spiro atoms. The average molecular weight is 632 g/mol. The molecule has 8 aromatic carbocycles. The Morgan fingerprint density at radius 2 is 1.00 bits per heavy atom. The molecule has 0 aromatic heterocycles. The maximum atomic E-state index is 15.6. The van der Waals surface area contributed by atoms with E-state index in [-0.39, 0.29) is 19.5 Å². The maximum Gasteiger partial charge on any atom is 0.338 e. The Labute approximate surface area is 290 Å². The highest BCUT2D eigenvalue weighted by molar-refractivity contribution is 7.01. The lowest BCUT2D eigenvalue weighted by molar-refractivity contribution is 0.255. The fourth-order valence-corrected chi connectivity index (χ4v) is 9.65. The van der Waals surface area contributed by atoms with E-state index >= 15 is 4.79 Å². The summed E-state index contributed by atoms with van der Waals surface area (Å²) in [5.41, 5.74) is 16.0. The van der Waals surface area contributed by atoms with Gasteiger partial charge in [0.1, 0.15) is 0 Å². The SMILES string of the molecule is O=C1N2c3cc4ccccc4cc3B(c3ccccc3)c3ccc4ccc5c(c4c32)N1c1cccc2c1B5c1ccccc1-c1ccccc1-2. The van der Waals surface area contributed by atoms with Gasteiger partial charge in [0.15, 0.2) is 0 Å². The first kappa shape index (κ1) is 26.6. The van der Waals surface area contributed by atoms with E-state index in [0.29, 0.717) is 0 Å². The maximum absolute atomic E-state index is 15.6. The van der Waals surface area contributed by atoms with Crippen LogP contribution in [0.1, 0.15) is 0 Å². The molecule has 4 heterocycles. The first-order valence-electron chi connectivity index (χ1n) is 17.4. The minimum absolute atomic E-state index is 0.0164. The summed E-state index contributed by atoms with van der Waals surface area (Å²) in [4.78, 5) is 19.7. The molecule has 50 heavy (non-hydrogen) atoms. The minimum atomic E-state index is -0.0283. The molecule has 0 unspecified atom stereocenters. The number of fused-ring (bicyclic) bond motifs is 10. The number of benzene rings is 8. The van der Waals surface area contributed by atoms with Crippen LogP contribution in [-0.2, 0) is 0 Å². The number of hydrogen-bond acceptors (Lipinski definition) is 1. The van der Waals surface area contributed by atoms with Crippen molar-refractivity contribution in [3.63, 3.8) is 0 Å². The van der Waals surface area contributed by atoms with Gasteiger partial charge in [-0.3, -0.25) is 9.80 Å². The zero-order valence-electron chi connectivity index (χ0n) is 27.0. The van der Waals surface area contributed by atoms with E-state index in [2.05, 4.69) is 158 Å². The second-order valence-electron chi connectivity index (χ2n) is 14.0. The molecule has 4 aliphatic heterocycles. The molecule has 0 radical (unpaired) electrons. The lowest BCUT2D eigenvalue weighted by atomic mass is 9.33. The Kier molecular flexibility index (Phi) is 5.02. The number of carbonyl (C=O) groups excluding carboxylic acids is 1. The third-order valence-corrected chi connectivity index (χ3v) is 11.6. The molecule has 12 rings (SSSR count). The molecule has 0 atom stereocenters. The van der Waals surface area contributed by atoms with E-state index < -0.39 is 0 Å². The molecule has 0 fully saturated rings. The normalized spacial score (nSPS) is 14.3. The molecular formula is C45H26B2N2O. The molecule has 4 aliphatic rings. The van der Waals surface area contributed by atoms with Crippen molar-refractivity contribution >= 4 is 96.5 Å². The fraction of sp³-hybridized carbons (Fsp3) is 0. The van der Waals surface area contributed by atoms with Gasteiger partial charge in [0.05, 0.1) is 11.4 Å². The summed E-state index contributed by atoms with van der Waals surface area (Å²) in [6.07, 6.45) is 0. The number of urea groups is 1. The van der Waals surface area contributed by atoms with Crippen LogP contribution in [0.3, 0.4) is 0 Å². The number of rotatable bonds is 1. The van der Waals surface area contributed by atoms with Gasteiger partial charge in [0, 0.05) is 16.8 Å². The standard InChI is InChI=1S/C45H26B2N2O/c50-45-48-39-20-10-18-34-32-16-7-6-15-31(32)33-17-8-9-19-35(33)47(42(34)39)37-24-22-27-21-23-36-43(41(27)44(37)48)49(45)40-26-29-12-5-4-11-28(29)25-38(40)46(36)30-13-2-1-3-14-30/h1-26H. The van der Waals surface area contributed by atoms with Crippen LogP contribution in [0, 0.1) is 0 Å².